The Morgan fingerprint density at radius 1 is 1.10 bits per heavy atom. The fourth-order valence-electron chi connectivity index (χ4n) is 2.04. The van der Waals surface area contributed by atoms with E-state index in [0.717, 1.165) is 19.5 Å². The van der Waals surface area contributed by atoms with Crippen LogP contribution in [0.4, 0.5) is 17.8 Å². The highest BCUT2D eigenvalue weighted by atomic mass is 16.3. The van der Waals surface area contributed by atoms with Gasteiger partial charge in [0.1, 0.15) is 0 Å². The predicted octanol–water partition coefficient (Wildman–Crippen LogP) is 1.58. The average Bonchev–Trinajstić information content (AvgIpc) is 2.45. The number of aliphatic hydroxyl groups excluding tert-OH is 1. The summed E-state index contributed by atoms with van der Waals surface area (Å²) >= 11 is 0. The molecule has 0 amide bonds. The lowest BCUT2D eigenvalue weighted by Gasteiger charge is -2.20. The highest BCUT2D eigenvalue weighted by Gasteiger charge is 2.12. The van der Waals surface area contributed by atoms with Gasteiger partial charge in [0.05, 0.1) is 6.10 Å². The molecule has 0 aliphatic heterocycles. The number of rotatable bonds is 9. The van der Waals surface area contributed by atoms with Crippen molar-refractivity contribution in [2.75, 3.05) is 42.2 Å². The van der Waals surface area contributed by atoms with Gasteiger partial charge in [-0.05, 0) is 26.2 Å². The predicted molar refractivity (Wildman–Crippen MR) is 86.9 cm³/mol. The number of aliphatic hydroxyl groups is 1. The number of anilines is 3. The largest absolute Gasteiger partial charge is 0.391 e. The summed E-state index contributed by atoms with van der Waals surface area (Å²) in [6.45, 7) is 10.4. The van der Waals surface area contributed by atoms with E-state index in [-0.39, 0.29) is 0 Å². The van der Waals surface area contributed by atoms with Gasteiger partial charge in [0.25, 0.3) is 0 Å². The van der Waals surface area contributed by atoms with Gasteiger partial charge in [-0.1, -0.05) is 13.8 Å². The molecule has 1 aromatic rings. The number of hydrogen-bond acceptors (Lipinski definition) is 7. The first-order chi connectivity index (χ1) is 9.99. The maximum atomic E-state index is 9.92. The average molecular weight is 296 g/mol. The molecule has 1 atom stereocenters. The normalized spacial score (nSPS) is 12.3. The van der Waals surface area contributed by atoms with Crippen molar-refractivity contribution in [3.05, 3.63) is 0 Å². The van der Waals surface area contributed by atoms with Crippen molar-refractivity contribution < 1.29 is 5.11 Å². The van der Waals surface area contributed by atoms with Gasteiger partial charge in [0, 0.05) is 26.7 Å². The van der Waals surface area contributed by atoms with Gasteiger partial charge in [-0.3, -0.25) is 0 Å². The molecule has 0 aliphatic rings. The fraction of sp³-hybridized carbons (Fsp3) is 0.786. The van der Waals surface area contributed by atoms with E-state index in [0.29, 0.717) is 30.3 Å². The van der Waals surface area contributed by atoms with Crippen LogP contribution >= 0.6 is 0 Å². The topological polar surface area (TPSA) is 86.2 Å². The van der Waals surface area contributed by atoms with Crippen LogP contribution < -0.4 is 15.5 Å². The molecule has 0 saturated carbocycles. The van der Waals surface area contributed by atoms with Crippen molar-refractivity contribution in [1.82, 2.24) is 15.0 Å². The van der Waals surface area contributed by atoms with E-state index < -0.39 is 6.10 Å². The fourth-order valence-corrected chi connectivity index (χ4v) is 2.04. The zero-order valence-corrected chi connectivity index (χ0v) is 13.7. The molecule has 120 valence electrons. The second-order valence-electron chi connectivity index (χ2n) is 5.37. The highest BCUT2D eigenvalue weighted by molar-refractivity contribution is 5.43. The van der Waals surface area contributed by atoms with Crippen LogP contribution in [0.15, 0.2) is 0 Å². The number of nitrogens with zero attached hydrogens (tertiary/aromatic N) is 4. The quantitative estimate of drug-likeness (QED) is 0.638. The van der Waals surface area contributed by atoms with Crippen molar-refractivity contribution >= 4 is 17.8 Å². The van der Waals surface area contributed by atoms with Crippen LogP contribution in [0, 0.1) is 5.92 Å². The van der Waals surface area contributed by atoms with Crippen LogP contribution in [0.2, 0.25) is 0 Å². The summed E-state index contributed by atoms with van der Waals surface area (Å²) in [4.78, 5) is 15.1. The molecule has 1 unspecified atom stereocenters. The summed E-state index contributed by atoms with van der Waals surface area (Å²) in [7, 11) is 1.78. The van der Waals surface area contributed by atoms with Crippen LogP contribution in [0.25, 0.3) is 0 Å². The Kier molecular flexibility index (Phi) is 7.14. The second kappa shape index (κ2) is 8.61. The number of aromatic nitrogens is 3. The lowest BCUT2D eigenvalue weighted by molar-refractivity contribution is 0.161. The molecule has 1 rings (SSSR count). The zero-order chi connectivity index (χ0) is 15.8. The molecule has 0 aliphatic carbocycles. The van der Waals surface area contributed by atoms with Crippen LogP contribution in [0.5, 0.6) is 0 Å². The maximum absolute atomic E-state index is 9.92. The van der Waals surface area contributed by atoms with Gasteiger partial charge in [-0.15, -0.1) is 0 Å². The first-order valence-corrected chi connectivity index (χ1v) is 7.60. The van der Waals surface area contributed by atoms with E-state index in [1.807, 2.05) is 0 Å². The van der Waals surface area contributed by atoms with Crippen LogP contribution in [0.1, 0.15) is 34.1 Å². The Morgan fingerprint density at radius 3 is 2.24 bits per heavy atom. The van der Waals surface area contributed by atoms with E-state index in [4.69, 9.17) is 0 Å². The van der Waals surface area contributed by atoms with E-state index in [2.05, 4.69) is 58.2 Å². The van der Waals surface area contributed by atoms with Gasteiger partial charge in [-0.25, -0.2) is 0 Å². The van der Waals surface area contributed by atoms with E-state index >= 15 is 0 Å². The molecular weight excluding hydrogens is 268 g/mol. The molecule has 0 saturated heterocycles. The molecule has 1 aromatic heterocycles. The third-order valence-corrected chi connectivity index (χ3v) is 3.13. The summed E-state index contributed by atoms with van der Waals surface area (Å²) < 4.78 is 0. The molecule has 0 fully saturated rings. The summed E-state index contributed by atoms with van der Waals surface area (Å²) in [6.07, 6.45) is 0.344. The van der Waals surface area contributed by atoms with Gasteiger partial charge in [-0.2, -0.15) is 15.0 Å². The third-order valence-electron chi connectivity index (χ3n) is 3.13. The van der Waals surface area contributed by atoms with Gasteiger partial charge >= 0.3 is 0 Å². The van der Waals surface area contributed by atoms with Crippen molar-refractivity contribution in [3.63, 3.8) is 0 Å². The van der Waals surface area contributed by atoms with Crippen LogP contribution in [0.3, 0.4) is 0 Å². The summed E-state index contributed by atoms with van der Waals surface area (Å²) in [6, 6.07) is 0. The molecule has 3 N–H and O–H groups in total. The molecule has 0 bridgehead atoms. The van der Waals surface area contributed by atoms with Crippen molar-refractivity contribution in [2.24, 2.45) is 5.92 Å². The standard InChI is InChI=1S/C14H28N6O/c1-6-20(7-2)14-18-12(15-5)17-13(19-14)16-9-11(21)8-10(3)4/h10-11,21H,6-9H2,1-5H3,(H2,15,16,17,18,19). The zero-order valence-electron chi connectivity index (χ0n) is 13.7. The molecule has 21 heavy (non-hydrogen) atoms. The van der Waals surface area contributed by atoms with E-state index in [1.165, 1.54) is 0 Å². The van der Waals surface area contributed by atoms with Crippen molar-refractivity contribution in [3.8, 4) is 0 Å². The van der Waals surface area contributed by atoms with Crippen LogP contribution in [-0.4, -0.2) is 52.8 Å². The van der Waals surface area contributed by atoms with Gasteiger partial charge < -0.3 is 20.6 Å². The molecular formula is C14H28N6O. The number of nitrogens with one attached hydrogen (secondary N) is 2. The third kappa shape index (κ3) is 5.71. The van der Waals surface area contributed by atoms with E-state index in [9.17, 15) is 5.11 Å². The molecule has 0 spiro atoms. The monoisotopic (exact) mass is 296 g/mol. The Morgan fingerprint density at radius 2 is 1.71 bits per heavy atom. The van der Waals surface area contributed by atoms with Crippen molar-refractivity contribution in [1.29, 1.82) is 0 Å². The van der Waals surface area contributed by atoms with Gasteiger partial charge in [0.15, 0.2) is 0 Å². The Bertz CT molecular complexity index is 422. The first-order valence-electron chi connectivity index (χ1n) is 7.60. The number of hydrogen-bond donors (Lipinski definition) is 3. The smallest absolute Gasteiger partial charge is 0.231 e. The lowest BCUT2D eigenvalue weighted by Crippen LogP contribution is -2.26. The second-order valence-corrected chi connectivity index (χ2v) is 5.37. The van der Waals surface area contributed by atoms with Crippen LogP contribution in [-0.2, 0) is 0 Å². The van der Waals surface area contributed by atoms with Gasteiger partial charge in [0.2, 0.25) is 17.8 Å². The Hall–Kier alpha value is -1.63. The molecule has 7 heteroatoms. The lowest BCUT2D eigenvalue weighted by atomic mass is 10.1. The first kappa shape index (κ1) is 17.4. The summed E-state index contributed by atoms with van der Waals surface area (Å²) in [5.74, 6) is 2.10. The summed E-state index contributed by atoms with van der Waals surface area (Å²) in [5, 5.41) is 15.9. The molecule has 0 aromatic carbocycles. The van der Waals surface area contributed by atoms with Crippen molar-refractivity contribution in [2.45, 2.75) is 40.2 Å². The minimum Gasteiger partial charge on any atom is -0.391 e. The Balaban J connectivity index is 2.79. The Labute approximate surface area is 127 Å². The maximum Gasteiger partial charge on any atom is 0.231 e. The molecule has 7 nitrogen and oxygen atoms in total. The minimum absolute atomic E-state index is 0.406. The minimum atomic E-state index is -0.406. The molecule has 0 radical (unpaired) electrons. The highest BCUT2D eigenvalue weighted by Crippen LogP contribution is 2.13. The molecule has 1 heterocycles. The van der Waals surface area contributed by atoms with E-state index in [1.54, 1.807) is 7.05 Å². The SMILES string of the molecule is CCN(CC)c1nc(NC)nc(NCC(O)CC(C)C)n1. The summed E-state index contributed by atoms with van der Waals surface area (Å²) in [5.41, 5.74) is 0.